The lowest BCUT2D eigenvalue weighted by Crippen LogP contribution is -2.59. The lowest BCUT2D eigenvalue weighted by molar-refractivity contribution is 0.225. The fraction of sp³-hybridized carbons (Fsp3) is 0.421. The first-order chi connectivity index (χ1) is 24.8. The number of methoxy groups -OCH3 is 2. The molecule has 0 atom stereocenters. The lowest BCUT2D eigenvalue weighted by Gasteiger charge is -2.51. The number of nitrogens with zero attached hydrogens (tertiary/aromatic N) is 6. The van der Waals surface area contributed by atoms with Crippen molar-refractivity contribution in [3.05, 3.63) is 84.3 Å². The van der Waals surface area contributed by atoms with Gasteiger partial charge in [-0.2, -0.15) is 0 Å². The summed E-state index contributed by atoms with van der Waals surface area (Å²) >= 11 is 0. The Morgan fingerprint density at radius 2 is 1.27 bits per heavy atom. The third-order valence-electron chi connectivity index (χ3n) is 10.1. The molecule has 12 nitrogen and oxygen atoms in total. The zero-order chi connectivity index (χ0) is 37.2. The predicted octanol–water partition coefficient (Wildman–Crippen LogP) is 5.19. The monoisotopic (exact) mass is 748 g/mol. The largest absolute Gasteiger partial charge is 0.495 e. The number of sulfone groups is 2. The van der Waals surface area contributed by atoms with E-state index in [0.717, 1.165) is 63.1 Å². The number of hydrazine groups is 1. The molecule has 2 fully saturated rings. The number of aromatic nitrogens is 2. The number of likely N-dealkylation sites (tertiary alicyclic amines) is 2. The van der Waals surface area contributed by atoms with Crippen LogP contribution in [0.25, 0.3) is 0 Å². The topological polar surface area (TPSA) is 125 Å². The van der Waals surface area contributed by atoms with Gasteiger partial charge in [-0.25, -0.2) is 21.8 Å². The molecule has 0 bridgehead atoms. The van der Waals surface area contributed by atoms with E-state index in [1.165, 1.54) is 13.3 Å². The van der Waals surface area contributed by atoms with Crippen LogP contribution in [-0.2, 0) is 19.7 Å². The summed E-state index contributed by atoms with van der Waals surface area (Å²) in [7, 11) is -0.796. The number of pyridine rings is 2. The van der Waals surface area contributed by atoms with Crippen molar-refractivity contribution < 1.29 is 26.3 Å². The minimum Gasteiger partial charge on any atom is -0.495 e. The van der Waals surface area contributed by atoms with Gasteiger partial charge in [0.05, 0.1) is 46.7 Å². The van der Waals surface area contributed by atoms with E-state index in [-0.39, 0.29) is 37.5 Å². The molecule has 0 amide bonds. The van der Waals surface area contributed by atoms with Gasteiger partial charge in [-0.05, 0) is 139 Å². The van der Waals surface area contributed by atoms with Crippen molar-refractivity contribution in [3.8, 4) is 11.6 Å². The predicted molar refractivity (Wildman–Crippen MR) is 201 cm³/mol. The molecule has 0 unspecified atom stereocenters. The molecular weight excluding hydrogens is 701 g/mol. The molecule has 2 aliphatic rings. The van der Waals surface area contributed by atoms with Gasteiger partial charge in [0, 0.05) is 18.6 Å². The van der Waals surface area contributed by atoms with Crippen molar-refractivity contribution in [3.63, 3.8) is 0 Å². The highest BCUT2D eigenvalue weighted by Crippen LogP contribution is 2.42. The third-order valence-corrected chi connectivity index (χ3v) is 13.6. The number of benzene rings is 2. The van der Waals surface area contributed by atoms with E-state index in [2.05, 4.69) is 43.9 Å². The summed E-state index contributed by atoms with van der Waals surface area (Å²) in [5, 5.41) is 4.44. The third kappa shape index (κ3) is 7.47. The highest BCUT2D eigenvalue weighted by atomic mass is 32.2. The van der Waals surface area contributed by atoms with Crippen LogP contribution in [0, 0.1) is 13.8 Å². The first-order valence-corrected chi connectivity index (χ1v) is 20.5. The number of hydrogen-bond donors (Lipinski definition) is 0. The molecule has 6 rings (SSSR count). The Morgan fingerprint density at radius 1 is 0.692 bits per heavy atom. The molecule has 0 saturated carbocycles. The average molecular weight is 749 g/mol. The van der Waals surface area contributed by atoms with Crippen LogP contribution in [0.1, 0.15) is 36.8 Å². The molecule has 0 radical (unpaired) electrons. The number of piperidine rings is 2. The van der Waals surface area contributed by atoms with Gasteiger partial charge in [-0.15, -0.1) is 0 Å². The van der Waals surface area contributed by atoms with Crippen molar-refractivity contribution in [2.24, 2.45) is 0 Å². The van der Waals surface area contributed by atoms with Gasteiger partial charge in [0.1, 0.15) is 16.3 Å². The summed E-state index contributed by atoms with van der Waals surface area (Å²) < 4.78 is 68.2. The molecule has 0 aliphatic carbocycles. The SMILES string of the molecule is COc1ccc(S(=O)(=O)c2cccnc2)cc1N(C1CCN(C)CC1)N(c1cc(S(=O)(=O)c2cc(C)cnc2OC)ccc1C)C1CCN(C)CC1. The Hall–Kier alpha value is -4.24. The van der Waals surface area contributed by atoms with Crippen LogP contribution in [0.5, 0.6) is 11.6 Å². The second-order valence-corrected chi connectivity index (χ2v) is 17.6. The number of anilines is 2. The van der Waals surface area contributed by atoms with Crippen molar-refractivity contribution >= 4 is 31.0 Å². The fourth-order valence-electron chi connectivity index (χ4n) is 7.12. The van der Waals surface area contributed by atoms with Crippen LogP contribution < -0.4 is 19.5 Å². The average Bonchev–Trinajstić information content (AvgIpc) is 3.15. The molecule has 14 heteroatoms. The Bertz CT molecular complexity index is 2100. The second-order valence-electron chi connectivity index (χ2n) is 13.8. The van der Waals surface area contributed by atoms with E-state index in [4.69, 9.17) is 9.47 Å². The molecular formula is C38H48N6O6S2. The summed E-state index contributed by atoms with van der Waals surface area (Å²) in [6.07, 6.45) is 7.69. The van der Waals surface area contributed by atoms with Crippen LogP contribution in [0.15, 0.2) is 92.8 Å². The summed E-state index contributed by atoms with van der Waals surface area (Å²) in [6.45, 7) is 7.15. The van der Waals surface area contributed by atoms with E-state index in [1.807, 2.05) is 13.0 Å². The lowest BCUT2D eigenvalue weighted by atomic mass is 10.00. The maximum Gasteiger partial charge on any atom is 0.232 e. The Labute approximate surface area is 307 Å². The highest BCUT2D eigenvalue weighted by Gasteiger charge is 2.37. The fourth-order valence-corrected chi connectivity index (χ4v) is 9.84. The minimum atomic E-state index is -4.07. The maximum absolute atomic E-state index is 14.4. The van der Waals surface area contributed by atoms with Gasteiger partial charge < -0.3 is 19.3 Å². The van der Waals surface area contributed by atoms with E-state index in [9.17, 15) is 16.8 Å². The summed E-state index contributed by atoms with van der Waals surface area (Å²) in [6, 6.07) is 14.8. The van der Waals surface area contributed by atoms with Gasteiger partial charge >= 0.3 is 0 Å². The molecule has 0 N–H and O–H groups in total. The molecule has 4 aromatic rings. The summed E-state index contributed by atoms with van der Waals surface area (Å²) in [5.74, 6) is 0.545. The zero-order valence-corrected chi connectivity index (χ0v) is 32.3. The van der Waals surface area contributed by atoms with E-state index in [0.29, 0.717) is 17.0 Å². The van der Waals surface area contributed by atoms with Gasteiger partial charge in [-0.1, -0.05) is 6.07 Å². The number of aryl methyl sites for hydroxylation is 2. The van der Waals surface area contributed by atoms with Gasteiger partial charge in [-0.3, -0.25) is 15.0 Å². The van der Waals surface area contributed by atoms with Crippen LogP contribution in [-0.4, -0.2) is 103 Å². The van der Waals surface area contributed by atoms with Crippen LogP contribution in [0.3, 0.4) is 0 Å². The zero-order valence-electron chi connectivity index (χ0n) is 30.7. The molecule has 2 aromatic carbocycles. The van der Waals surface area contributed by atoms with Gasteiger partial charge in [0.2, 0.25) is 25.6 Å². The number of hydrogen-bond acceptors (Lipinski definition) is 12. The van der Waals surface area contributed by atoms with E-state index in [1.54, 1.807) is 75.0 Å². The molecule has 52 heavy (non-hydrogen) atoms. The summed E-state index contributed by atoms with van der Waals surface area (Å²) in [4.78, 5) is 13.2. The van der Waals surface area contributed by atoms with E-state index >= 15 is 0 Å². The minimum absolute atomic E-state index is 0.00204. The normalized spacial score (nSPS) is 16.8. The molecule has 2 aromatic heterocycles. The molecule has 2 aliphatic heterocycles. The van der Waals surface area contributed by atoms with E-state index < -0.39 is 19.7 Å². The first-order valence-electron chi connectivity index (χ1n) is 17.5. The van der Waals surface area contributed by atoms with Crippen molar-refractivity contribution in [1.82, 2.24) is 19.8 Å². The molecule has 278 valence electrons. The van der Waals surface area contributed by atoms with Crippen molar-refractivity contribution in [1.29, 1.82) is 0 Å². The number of rotatable bonds is 11. The maximum atomic E-state index is 14.4. The highest BCUT2D eigenvalue weighted by molar-refractivity contribution is 7.91. The Kier molecular flexibility index (Phi) is 11.1. The quantitative estimate of drug-likeness (QED) is 0.188. The first kappa shape index (κ1) is 37.5. The second kappa shape index (κ2) is 15.4. The summed E-state index contributed by atoms with van der Waals surface area (Å²) in [5.41, 5.74) is 2.89. The molecule has 4 heterocycles. The standard InChI is InChI=1S/C38H48N6O6S2/c1-27-22-37(38(50-6)40-25-27)52(47,48)32-10-9-28(2)34(23-32)43(29-13-18-41(3)19-14-29)44(30-15-20-42(4)21-16-30)35-24-31(11-12-36(35)49-5)51(45,46)33-8-7-17-39-26-33/h7-12,17,22-26,29-30H,13-16,18-21H2,1-6H3. The van der Waals surface area contributed by atoms with Crippen LogP contribution in [0.4, 0.5) is 11.4 Å². The Morgan fingerprint density at radius 3 is 1.85 bits per heavy atom. The van der Waals surface area contributed by atoms with Crippen molar-refractivity contribution in [2.45, 2.75) is 71.2 Å². The van der Waals surface area contributed by atoms with Crippen LogP contribution >= 0.6 is 0 Å². The van der Waals surface area contributed by atoms with Gasteiger partial charge in [0.25, 0.3) is 0 Å². The van der Waals surface area contributed by atoms with Crippen LogP contribution in [0.2, 0.25) is 0 Å². The molecule has 0 spiro atoms. The van der Waals surface area contributed by atoms with Crippen molar-refractivity contribution in [2.75, 3.05) is 64.5 Å². The molecule has 2 saturated heterocycles. The smallest absolute Gasteiger partial charge is 0.232 e. The Balaban J connectivity index is 1.58. The number of ether oxygens (including phenoxy) is 2. The van der Waals surface area contributed by atoms with Gasteiger partial charge in [0.15, 0.2) is 0 Å².